The van der Waals surface area contributed by atoms with E-state index in [1.165, 1.54) is 21.9 Å². The average molecular weight is 806 g/mol. The molecule has 0 saturated carbocycles. The fourth-order valence-electron chi connectivity index (χ4n) is 9.60. The predicted molar refractivity (Wildman–Crippen MR) is 258 cm³/mol. The van der Waals surface area contributed by atoms with Crippen LogP contribution in [0.3, 0.4) is 0 Å². The molecule has 9 aromatic carbocycles. The average Bonchev–Trinajstić information content (AvgIpc) is 4.02. The number of para-hydroxylation sites is 3. The first-order valence-corrected chi connectivity index (χ1v) is 21.2. The van der Waals surface area contributed by atoms with Gasteiger partial charge in [0.25, 0.3) is 0 Å². The van der Waals surface area contributed by atoms with Crippen LogP contribution in [0, 0.1) is 0 Å². The smallest absolute Gasteiger partial charge is 0.164 e. The van der Waals surface area contributed by atoms with Gasteiger partial charge in [0.2, 0.25) is 0 Å². The highest BCUT2D eigenvalue weighted by Gasteiger charge is 2.25. The third-order valence-corrected chi connectivity index (χ3v) is 12.4. The van der Waals surface area contributed by atoms with Crippen LogP contribution in [0.5, 0.6) is 0 Å². The summed E-state index contributed by atoms with van der Waals surface area (Å²) in [6.07, 6.45) is 0. The highest BCUT2D eigenvalue weighted by molar-refractivity contribution is 6.27. The molecule has 0 unspecified atom stereocenters. The number of furan rings is 1. The molecule has 0 N–H and O–H groups in total. The molecular formula is C57H35N5O. The summed E-state index contributed by atoms with van der Waals surface area (Å²) in [7, 11) is 0. The lowest BCUT2D eigenvalue weighted by Gasteiger charge is -2.10. The molecule has 0 aliphatic carbocycles. The minimum absolute atomic E-state index is 0.613. The Hall–Kier alpha value is -8.61. The van der Waals surface area contributed by atoms with E-state index in [1.54, 1.807) is 0 Å². The second-order valence-electron chi connectivity index (χ2n) is 16.0. The first kappa shape index (κ1) is 35.2. The first-order chi connectivity index (χ1) is 31.3. The van der Waals surface area contributed by atoms with E-state index in [0.717, 1.165) is 82.8 Å². The van der Waals surface area contributed by atoms with Gasteiger partial charge in [0.1, 0.15) is 5.58 Å². The molecule has 294 valence electrons. The van der Waals surface area contributed by atoms with Gasteiger partial charge in [0.05, 0.1) is 33.1 Å². The number of fused-ring (bicyclic) bond motifs is 10. The molecule has 0 spiro atoms. The van der Waals surface area contributed by atoms with Crippen molar-refractivity contribution >= 4 is 65.6 Å². The molecule has 0 amide bonds. The minimum atomic E-state index is 0.613. The SMILES string of the molecule is c1ccc(-c2ccc3c(c2)c2ccccc2n3-c2cccc3c2oc2ccc4c5c(-c6nc(-c7ccccc7)nc(-c7ccccc7)n6)cccc5n(-c5ccccc5)c4c23)cc1. The molecule has 0 fully saturated rings. The molecule has 6 heteroatoms. The lowest BCUT2D eigenvalue weighted by Crippen LogP contribution is -2.00. The van der Waals surface area contributed by atoms with E-state index in [-0.39, 0.29) is 0 Å². The van der Waals surface area contributed by atoms with E-state index in [1.807, 2.05) is 60.7 Å². The van der Waals surface area contributed by atoms with Gasteiger partial charge in [0, 0.05) is 49.3 Å². The summed E-state index contributed by atoms with van der Waals surface area (Å²) < 4.78 is 11.8. The van der Waals surface area contributed by atoms with E-state index in [0.29, 0.717) is 17.5 Å². The van der Waals surface area contributed by atoms with Crippen LogP contribution in [0.1, 0.15) is 0 Å². The van der Waals surface area contributed by atoms with Gasteiger partial charge in [-0.05, 0) is 65.7 Å². The van der Waals surface area contributed by atoms with Crippen molar-refractivity contribution in [3.63, 3.8) is 0 Å². The van der Waals surface area contributed by atoms with Crippen LogP contribution < -0.4 is 0 Å². The van der Waals surface area contributed by atoms with Crippen molar-refractivity contribution in [2.45, 2.75) is 0 Å². The molecule has 0 saturated heterocycles. The van der Waals surface area contributed by atoms with E-state index < -0.39 is 0 Å². The summed E-state index contributed by atoms with van der Waals surface area (Å²) in [4.78, 5) is 15.4. The van der Waals surface area contributed by atoms with Crippen molar-refractivity contribution in [2.75, 3.05) is 0 Å². The van der Waals surface area contributed by atoms with Crippen molar-refractivity contribution in [1.82, 2.24) is 24.1 Å². The Balaban J connectivity index is 1.10. The molecule has 4 aromatic heterocycles. The van der Waals surface area contributed by atoms with Crippen LogP contribution in [-0.2, 0) is 0 Å². The predicted octanol–water partition coefficient (Wildman–Crippen LogP) is 14.6. The molecule has 13 aromatic rings. The highest BCUT2D eigenvalue weighted by Crippen LogP contribution is 2.46. The maximum atomic E-state index is 7.07. The molecule has 6 nitrogen and oxygen atoms in total. The molecule has 0 aliphatic heterocycles. The topological polar surface area (TPSA) is 61.7 Å². The normalized spacial score (nSPS) is 11.8. The van der Waals surface area contributed by atoms with Crippen LogP contribution in [0.15, 0.2) is 217 Å². The summed E-state index contributed by atoms with van der Waals surface area (Å²) in [5.41, 5.74) is 13.2. The Morgan fingerprint density at radius 1 is 0.349 bits per heavy atom. The third-order valence-electron chi connectivity index (χ3n) is 12.4. The summed E-state index contributed by atoms with van der Waals surface area (Å²) in [6.45, 7) is 0. The Morgan fingerprint density at radius 2 is 0.937 bits per heavy atom. The molecule has 63 heavy (non-hydrogen) atoms. The largest absolute Gasteiger partial charge is 0.454 e. The second-order valence-corrected chi connectivity index (χ2v) is 16.0. The maximum absolute atomic E-state index is 7.07. The van der Waals surface area contributed by atoms with Gasteiger partial charge in [-0.25, -0.2) is 15.0 Å². The summed E-state index contributed by atoms with van der Waals surface area (Å²) in [5, 5.41) is 6.63. The lowest BCUT2D eigenvalue weighted by atomic mass is 10.0. The second kappa shape index (κ2) is 14.0. The van der Waals surface area contributed by atoms with Gasteiger partial charge >= 0.3 is 0 Å². The minimum Gasteiger partial charge on any atom is -0.454 e. The summed E-state index contributed by atoms with van der Waals surface area (Å²) >= 11 is 0. The Morgan fingerprint density at radius 3 is 1.67 bits per heavy atom. The number of benzene rings is 9. The fraction of sp³-hybridized carbons (Fsp3) is 0. The summed E-state index contributed by atoms with van der Waals surface area (Å²) in [5.74, 6) is 1.86. The van der Waals surface area contributed by atoms with Crippen molar-refractivity contribution in [3.05, 3.63) is 212 Å². The molecule has 0 bridgehead atoms. The number of rotatable bonds is 6. The van der Waals surface area contributed by atoms with Crippen molar-refractivity contribution < 1.29 is 4.42 Å². The van der Waals surface area contributed by atoms with Gasteiger partial charge in [-0.1, -0.05) is 158 Å². The van der Waals surface area contributed by atoms with E-state index in [2.05, 4.69) is 161 Å². The van der Waals surface area contributed by atoms with Crippen molar-refractivity contribution in [3.8, 4) is 56.7 Å². The molecule has 13 rings (SSSR count). The Labute approximate surface area is 361 Å². The maximum Gasteiger partial charge on any atom is 0.164 e. The van der Waals surface area contributed by atoms with Crippen LogP contribution in [0.4, 0.5) is 0 Å². The zero-order chi connectivity index (χ0) is 41.4. The number of hydrogen-bond acceptors (Lipinski definition) is 4. The Kier molecular flexibility index (Phi) is 7.80. The van der Waals surface area contributed by atoms with E-state index in [4.69, 9.17) is 19.4 Å². The molecular weight excluding hydrogens is 771 g/mol. The molecule has 4 heterocycles. The molecule has 0 radical (unpaired) electrons. The zero-order valence-electron chi connectivity index (χ0n) is 33.9. The monoisotopic (exact) mass is 805 g/mol. The highest BCUT2D eigenvalue weighted by atomic mass is 16.3. The van der Waals surface area contributed by atoms with Gasteiger partial charge in [-0.3, -0.25) is 0 Å². The number of aromatic nitrogens is 5. The van der Waals surface area contributed by atoms with Gasteiger partial charge < -0.3 is 13.6 Å². The lowest BCUT2D eigenvalue weighted by molar-refractivity contribution is 0.666. The molecule has 0 atom stereocenters. The fourth-order valence-corrected chi connectivity index (χ4v) is 9.60. The van der Waals surface area contributed by atoms with Crippen LogP contribution >= 0.6 is 0 Å². The zero-order valence-corrected chi connectivity index (χ0v) is 33.9. The van der Waals surface area contributed by atoms with Crippen LogP contribution in [0.25, 0.3) is 122 Å². The van der Waals surface area contributed by atoms with Gasteiger partial charge in [-0.15, -0.1) is 0 Å². The van der Waals surface area contributed by atoms with Gasteiger partial charge in [0.15, 0.2) is 23.1 Å². The van der Waals surface area contributed by atoms with Crippen molar-refractivity contribution in [2.24, 2.45) is 0 Å². The molecule has 0 aliphatic rings. The van der Waals surface area contributed by atoms with E-state index >= 15 is 0 Å². The van der Waals surface area contributed by atoms with E-state index in [9.17, 15) is 0 Å². The quantitative estimate of drug-likeness (QED) is 0.168. The standard InChI is InChI=1S/C57H35N5O/c1-5-17-36(18-6-1)39-31-33-47-45(35-39)41-25-13-14-28-46(41)62(47)49-30-15-26-43-52-50(63-54(43)49)34-32-42-51-44(27-16-29-48(51)61(53(42)52)40-23-11-4-12-24-40)57-59-55(37-19-7-2-8-20-37)58-56(60-57)38-21-9-3-10-22-38/h1-35H. The summed E-state index contributed by atoms with van der Waals surface area (Å²) in [6, 6.07) is 74.2. The van der Waals surface area contributed by atoms with Gasteiger partial charge in [-0.2, -0.15) is 0 Å². The first-order valence-electron chi connectivity index (χ1n) is 21.2. The van der Waals surface area contributed by atoms with Crippen molar-refractivity contribution in [1.29, 1.82) is 0 Å². The van der Waals surface area contributed by atoms with Crippen LogP contribution in [0.2, 0.25) is 0 Å². The Bertz CT molecular complexity index is 3830. The van der Waals surface area contributed by atoms with Crippen LogP contribution in [-0.4, -0.2) is 24.1 Å². The number of hydrogen-bond donors (Lipinski definition) is 0. The number of nitrogens with zero attached hydrogens (tertiary/aromatic N) is 5. The third kappa shape index (κ3) is 5.48.